The highest BCUT2D eigenvalue weighted by atomic mass is 16.7. The van der Waals surface area contributed by atoms with Crippen molar-refractivity contribution in [3.05, 3.63) is 82.2 Å². The second-order valence-electron chi connectivity index (χ2n) is 5.98. The highest BCUT2D eigenvalue weighted by Gasteiger charge is 2.21. The molecule has 7 heteroatoms. The molecule has 27 heavy (non-hydrogen) atoms. The predicted molar refractivity (Wildman–Crippen MR) is 98.6 cm³/mol. The molecule has 7 nitrogen and oxygen atoms in total. The van der Waals surface area contributed by atoms with Crippen molar-refractivity contribution in [2.24, 2.45) is 4.99 Å². The van der Waals surface area contributed by atoms with Gasteiger partial charge in [-0.2, -0.15) is 0 Å². The minimum atomic E-state index is -0.754. The maximum atomic E-state index is 12.2. The Bertz CT molecular complexity index is 1060. The van der Waals surface area contributed by atoms with Crippen LogP contribution in [0.4, 0.5) is 0 Å². The van der Waals surface area contributed by atoms with Gasteiger partial charge in [0.15, 0.2) is 5.84 Å². The van der Waals surface area contributed by atoms with Gasteiger partial charge in [-0.1, -0.05) is 48.5 Å². The summed E-state index contributed by atoms with van der Waals surface area (Å²) in [6.07, 6.45) is -0.450. The molecule has 0 fully saturated rings. The lowest BCUT2D eigenvalue weighted by Crippen LogP contribution is -2.40. The number of hydrogen-bond donors (Lipinski definition) is 1. The van der Waals surface area contributed by atoms with Crippen molar-refractivity contribution in [2.45, 2.75) is 6.10 Å². The van der Waals surface area contributed by atoms with Gasteiger partial charge in [0.25, 0.3) is 0 Å². The second-order valence-corrected chi connectivity index (χ2v) is 5.98. The zero-order chi connectivity index (χ0) is 18.6. The van der Waals surface area contributed by atoms with Crippen LogP contribution in [0.1, 0.15) is 15.9 Å². The van der Waals surface area contributed by atoms with Crippen LogP contribution in [0.15, 0.2) is 74.9 Å². The first kappa shape index (κ1) is 17.0. The monoisotopic (exact) mass is 364 g/mol. The van der Waals surface area contributed by atoms with E-state index >= 15 is 0 Å². The molecule has 0 spiro atoms. The Hall–Kier alpha value is -3.45. The fraction of sp³-hybridized carbons (Fsp3) is 0.150. The van der Waals surface area contributed by atoms with Gasteiger partial charge in [0.2, 0.25) is 0 Å². The standard InChI is InChI=1S/C20H16N2O5/c23-19(16-10-14-8-4-5-9-17(14)26-20(16)24)25-12-15-11-21-18(22-27-15)13-6-2-1-3-7-13/h1-10,15H,11-12H2,(H,21,22). The molecule has 1 aliphatic heterocycles. The van der Waals surface area contributed by atoms with Crippen molar-refractivity contribution in [3.8, 4) is 0 Å². The number of rotatable bonds is 4. The molecular formula is C20H16N2O5. The normalized spacial score (nSPS) is 16.4. The molecule has 0 saturated heterocycles. The Kier molecular flexibility index (Phi) is 4.67. The number of aliphatic imine (C=N–C) groups is 1. The summed E-state index contributed by atoms with van der Waals surface area (Å²) in [4.78, 5) is 34.1. The van der Waals surface area contributed by atoms with E-state index in [9.17, 15) is 9.59 Å². The van der Waals surface area contributed by atoms with E-state index in [1.807, 2.05) is 30.3 Å². The first-order valence-corrected chi connectivity index (χ1v) is 8.42. The van der Waals surface area contributed by atoms with E-state index in [1.165, 1.54) is 6.07 Å². The van der Waals surface area contributed by atoms with E-state index < -0.39 is 17.7 Å². The number of fused-ring (bicyclic) bond motifs is 1. The number of carbonyl (C=O) groups excluding carboxylic acids is 1. The number of hydrogen-bond acceptors (Lipinski definition) is 7. The number of amidine groups is 1. The zero-order valence-corrected chi connectivity index (χ0v) is 14.3. The molecule has 1 N–H and O–H groups in total. The smallest absolute Gasteiger partial charge is 0.351 e. The topological polar surface area (TPSA) is 90.1 Å². The summed E-state index contributed by atoms with van der Waals surface area (Å²) < 4.78 is 10.4. The summed E-state index contributed by atoms with van der Waals surface area (Å²) in [6.45, 7) is 0.292. The van der Waals surface area contributed by atoms with Crippen molar-refractivity contribution in [1.82, 2.24) is 5.48 Å². The second kappa shape index (κ2) is 7.43. The Morgan fingerprint density at radius 3 is 2.70 bits per heavy atom. The number of carbonyl (C=O) groups is 1. The van der Waals surface area contributed by atoms with Crippen LogP contribution in [-0.4, -0.2) is 31.1 Å². The van der Waals surface area contributed by atoms with Crippen molar-refractivity contribution < 1.29 is 18.8 Å². The average molecular weight is 364 g/mol. The van der Waals surface area contributed by atoms with Gasteiger partial charge in [0.05, 0.1) is 6.54 Å². The third-order valence-corrected chi connectivity index (χ3v) is 4.08. The third kappa shape index (κ3) is 3.73. The Morgan fingerprint density at radius 1 is 1.15 bits per heavy atom. The van der Waals surface area contributed by atoms with Crippen LogP contribution >= 0.6 is 0 Å². The fourth-order valence-corrected chi connectivity index (χ4v) is 2.69. The Balaban J connectivity index is 1.40. The molecule has 0 bridgehead atoms. The van der Waals surface area contributed by atoms with Crippen LogP contribution in [0.25, 0.3) is 11.0 Å². The fourth-order valence-electron chi connectivity index (χ4n) is 2.69. The molecule has 0 aliphatic carbocycles. The van der Waals surface area contributed by atoms with Crippen LogP contribution in [0.3, 0.4) is 0 Å². The van der Waals surface area contributed by atoms with Crippen LogP contribution in [0, 0.1) is 0 Å². The van der Waals surface area contributed by atoms with E-state index in [1.54, 1.807) is 24.3 Å². The Labute approximate surface area is 154 Å². The lowest BCUT2D eigenvalue weighted by Gasteiger charge is -2.22. The highest BCUT2D eigenvalue weighted by Crippen LogP contribution is 2.13. The molecule has 1 aromatic heterocycles. The SMILES string of the molecule is O=C(OCC1CN=C(c2ccccc2)NO1)c1cc2ccccc2oc1=O. The zero-order valence-electron chi connectivity index (χ0n) is 14.3. The summed E-state index contributed by atoms with van der Waals surface area (Å²) in [5, 5.41) is 0.650. The van der Waals surface area contributed by atoms with Crippen molar-refractivity contribution in [3.63, 3.8) is 0 Å². The number of nitrogens with one attached hydrogen (secondary N) is 1. The van der Waals surface area contributed by atoms with E-state index in [4.69, 9.17) is 14.0 Å². The van der Waals surface area contributed by atoms with E-state index in [0.29, 0.717) is 23.3 Å². The first-order valence-electron chi connectivity index (χ1n) is 8.42. The van der Waals surface area contributed by atoms with Gasteiger partial charge in [0, 0.05) is 10.9 Å². The number of hydroxylamine groups is 1. The van der Waals surface area contributed by atoms with Crippen molar-refractivity contribution in [1.29, 1.82) is 0 Å². The van der Waals surface area contributed by atoms with Crippen molar-refractivity contribution in [2.75, 3.05) is 13.2 Å². The third-order valence-electron chi connectivity index (χ3n) is 4.08. The molecule has 2 aromatic carbocycles. The van der Waals surface area contributed by atoms with Gasteiger partial charge in [0.1, 0.15) is 23.9 Å². The maximum Gasteiger partial charge on any atom is 0.351 e. The van der Waals surface area contributed by atoms with Crippen LogP contribution < -0.4 is 11.1 Å². The number of nitrogens with zero attached hydrogens (tertiary/aromatic N) is 1. The number of esters is 1. The molecule has 1 atom stereocenters. The van der Waals surface area contributed by atoms with Crippen LogP contribution in [0.2, 0.25) is 0 Å². The molecule has 0 amide bonds. The molecule has 136 valence electrons. The number of para-hydroxylation sites is 1. The predicted octanol–water partition coefficient (Wildman–Crippen LogP) is 2.30. The van der Waals surface area contributed by atoms with Crippen LogP contribution in [-0.2, 0) is 9.57 Å². The van der Waals surface area contributed by atoms with Gasteiger partial charge in [-0.25, -0.2) is 15.1 Å². The van der Waals surface area contributed by atoms with Crippen molar-refractivity contribution >= 4 is 22.8 Å². The minimum absolute atomic E-state index is 0.0380. The molecular weight excluding hydrogens is 348 g/mol. The van der Waals surface area contributed by atoms with Gasteiger partial charge in [-0.15, -0.1) is 0 Å². The maximum absolute atomic E-state index is 12.2. The molecule has 2 heterocycles. The van der Waals surface area contributed by atoms with Gasteiger partial charge in [-0.05, 0) is 12.1 Å². The van der Waals surface area contributed by atoms with E-state index in [-0.39, 0.29) is 12.2 Å². The summed E-state index contributed by atoms with van der Waals surface area (Å²) in [5.74, 6) is -0.135. The Morgan fingerprint density at radius 2 is 1.93 bits per heavy atom. The van der Waals surface area contributed by atoms with E-state index in [2.05, 4.69) is 10.5 Å². The summed E-state index contributed by atoms with van der Waals surface area (Å²) in [5.41, 5.74) is 3.21. The largest absolute Gasteiger partial charge is 0.459 e. The van der Waals surface area contributed by atoms with Gasteiger partial charge in [-0.3, -0.25) is 9.83 Å². The summed E-state index contributed by atoms with van der Waals surface area (Å²) in [7, 11) is 0. The van der Waals surface area contributed by atoms with Gasteiger partial charge < -0.3 is 9.15 Å². The van der Waals surface area contributed by atoms with Gasteiger partial charge >= 0.3 is 11.6 Å². The molecule has 0 saturated carbocycles. The quantitative estimate of drug-likeness (QED) is 0.564. The van der Waals surface area contributed by atoms with E-state index in [0.717, 1.165) is 5.56 Å². The molecule has 0 radical (unpaired) electrons. The van der Waals surface area contributed by atoms with Crippen LogP contribution in [0.5, 0.6) is 0 Å². The molecule has 3 aromatic rings. The minimum Gasteiger partial charge on any atom is -0.459 e. The lowest BCUT2D eigenvalue weighted by atomic mass is 10.2. The first-order chi connectivity index (χ1) is 13.2. The number of benzene rings is 2. The molecule has 1 aliphatic rings. The summed E-state index contributed by atoms with van der Waals surface area (Å²) in [6, 6.07) is 18.0. The summed E-state index contributed by atoms with van der Waals surface area (Å²) >= 11 is 0. The molecule has 4 rings (SSSR count). The number of ether oxygens (including phenoxy) is 1. The lowest BCUT2D eigenvalue weighted by molar-refractivity contribution is -0.0350. The highest BCUT2D eigenvalue weighted by molar-refractivity contribution is 5.98. The average Bonchev–Trinajstić information content (AvgIpc) is 2.72. The molecule has 1 unspecified atom stereocenters.